The van der Waals surface area contributed by atoms with E-state index in [2.05, 4.69) is 0 Å². The van der Waals surface area contributed by atoms with Crippen LogP contribution in [-0.2, 0) is 9.53 Å². The van der Waals surface area contributed by atoms with Gasteiger partial charge in [0, 0.05) is 32.3 Å². The first kappa shape index (κ1) is 20.4. The van der Waals surface area contributed by atoms with Crippen molar-refractivity contribution in [2.24, 2.45) is 0 Å². The Morgan fingerprint density at radius 3 is 2.50 bits per heavy atom. The molecule has 0 aromatic heterocycles. The van der Waals surface area contributed by atoms with Crippen LogP contribution in [0.5, 0.6) is 11.5 Å². The number of piperidine rings is 1. The Hall–Kier alpha value is -2.86. The van der Waals surface area contributed by atoms with E-state index < -0.39 is 5.54 Å². The third-order valence-electron chi connectivity index (χ3n) is 6.06. The van der Waals surface area contributed by atoms with Crippen LogP contribution in [-0.4, -0.2) is 60.5 Å². The Morgan fingerprint density at radius 1 is 1.00 bits per heavy atom. The van der Waals surface area contributed by atoms with Gasteiger partial charge < -0.3 is 19.3 Å². The molecule has 158 valence electrons. The molecule has 2 aromatic carbocycles. The minimum Gasteiger partial charge on any atom is -0.457 e. The van der Waals surface area contributed by atoms with Crippen molar-refractivity contribution in [2.45, 2.75) is 31.2 Å². The summed E-state index contributed by atoms with van der Waals surface area (Å²) < 4.78 is 11.1. The van der Waals surface area contributed by atoms with E-state index in [1.807, 2.05) is 47.4 Å². The lowest BCUT2D eigenvalue weighted by molar-refractivity contribution is -0.146. The predicted octanol–water partition coefficient (Wildman–Crippen LogP) is 3.72. The number of ether oxygens (including phenoxy) is 2. The fourth-order valence-corrected chi connectivity index (χ4v) is 4.61. The van der Waals surface area contributed by atoms with Crippen LogP contribution < -0.4 is 4.74 Å². The Labute approximate surface area is 177 Å². The zero-order valence-electron chi connectivity index (χ0n) is 17.4. The number of para-hydroxylation sites is 1. The van der Waals surface area contributed by atoms with Gasteiger partial charge in [-0.3, -0.25) is 9.59 Å². The molecule has 0 radical (unpaired) electrons. The Balaban J connectivity index is 1.55. The van der Waals surface area contributed by atoms with Gasteiger partial charge in [-0.15, -0.1) is 0 Å². The molecule has 2 fully saturated rings. The molecule has 2 amide bonds. The maximum atomic E-state index is 13.5. The highest BCUT2D eigenvalue weighted by Crippen LogP contribution is 2.39. The summed E-state index contributed by atoms with van der Waals surface area (Å²) in [5.41, 5.74) is -0.175. The van der Waals surface area contributed by atoms with Gasteiger partial charge in [0.05, 0.1) is 6.61 Å². The van der Waals surface area contributed by atoms with Crippen molar-refractivity contribution in [1.82, 2.24) is 9.80 Å². The van der Waals surface area contributed by atoms with Gasteiger partial charge in [-0.2, -0.15) is 0 Å². The monoisotopic (exact) mass is 408 g/mol. The number of benzene rings is 2. The topological polar surface area (TPSA) is 59.1 Å². The van der Waals surface area contributed by atoms with Crippen LogP contribution in [0.15, 0.2) is 54.6 Å². The van der Waals surface area contributed by atoms with E-state index in [1.54, 1.807) is 24.1 Å². The molecule has 2 aliphatic heterocycles. The predicted molar refractivity (Wildman–Crippen MR) is 114 cm³/mol. The maximum Gasteiger partial charge on any atom is 0.254 e. The van der Waals surface area contributed by atoms with E-state index in [1.165, 1.54) is 0 Å². The van der Waals surface area contributed by atoms with E-state index in [4.69, 9.17) is 9.47 Å². The Morgan fingerprint density at radius 2 is 1.73 bits per heavy atom. The fourth-order valence-electron chi connectivity index (χ4n) is 4.61. The Bertz CT molecular complexity index is 901. The summed E-state index contributed by atoms with van der Waals surface area (Å²) in [5, 5.41) is 0. The van der Waals surface area contributed by atoms with Crippen molar-refractivity contribution in [3.05, 3.63) is 60.2 Å². The molecule has 2 heterocycles. The highest BCUT2D eigenvalue weighted by atomic mass is 16.5. The lowest BCUT2D eigenvalue weighted by atomic mass is 9.85. The van der Waals surface area contributed by atoms with E-state index >= 15 is 0 Å². The third-order valence-corrected chi connectivity index (χ3v) is 6.06. The number of carbonyl (C=O) groups excluding carboxylic acids is 2. The van der Waals surface area contributed by atoms with Crippen LogP contribution in [0.25, 0.3) is 0 Å². The maximum absolute atomic E-state index is 13.5. The van der Waals surface area contributed by atoms with Crippen molar-refractivity contribution < 1.29 is 19.1 Å². The summed E-state index contributed by atoms with van der Waals surface area (Å²) in [7, 11) is 1.64. The second kappa shape index (κ2) is 8.88. The molecule has 2 aromatic rings. The fraction of sp³-hybridized carbons (Fsp3) is 0.417. The average molecular weight is 408 g/mol. The largest absolute Gasteiger partial charge is 0.457 e. The average Bonchev–Trinajstić information content (AvgIpc) is 3.19. The molecular formula is C24H28N2O4. The van der Waals surface area contributed by atoms with Gasteiger partial charge >= 0.3 is 0 Å². The highest BCUT2D eigenvalue weighted by Gasteiger charge is 2.52. The number of amides is 2. The van der Waals surface area contributed by atoms with E-state index in [-0.39, 0.29) is 11.8 Å². The molecule has 0 saturated carbocycles. The van der Waals surface area contributed by atoms with E-state index in [0.717, 1.165) is 38.0 Å². The number of hydrogen-bond acceptors (Lipinski definition) is 4. The van der Waals surface area contributed by atoms with Crippen LogP contribution in [0, 0.1) is 0 Å². The second-order valence-electron chi connectivity index (χ2n) is 7.92. The molecule has 2 aliphatic rings. The van der Waals surface area contributed by atoms with E-state index in [9.17, 15) is 9.59 Å². The number of likely N-dealkylation sites (tertiary alicyclic amines) is 2. The molecule has 1 unspecified atom stereocenters. The van der Waals surface area contributed by atoms with Gasteiger partial charge in [0.15, 0.2) is 0 Å². The highest BCUT2D eigenvalue weighted by molar-refractivity contribution is 6.00. The molecule has 0 aliphatic carbocycles. The Kier molecular flexibility index (Phi) is 6.04. The number of methoxy groups -OCH3 is 1. The quantitative estimate of drug-likeness (QED) is 0.731. The molecular weight excluding hydrogens is 380 g/mol. The van der Waals surface area contributed by atoms with Crippen molar-refractivity contribution in [3.63, 3.8) is 0 Å². The number of rotatable bonds is 6. The molecule has 0 bridgehead atoms. The molecule has 6 nitrogen and oxygen atoms in total. The standard InChI is InChI=1S/C24H28N2O4/c1-29-17-16-25-14-6-12-24(23(25)28)13-7-15-26(24)22(27)19-8-5-11-21(18-19)30-20-9-3-2-4-10-20/h2-5,8-11,18H,6-7,12-17H2,1H3. The van der Waals surface area contributed by atoms with Crippen LogP contribution in [0.3, 0.4) is 0 Å². The number of hydrogen-bond donors (Lipinski definition) is 0. The van der Waals surface area contributed by atoms with Crippen LogP contribution >= 0.6 is 0 Å². The van der Waals surface area contributed by atoms with Crippen LogP contribution in [0.4, 0.5) is 0 Å². The first-order valence-corrected chi connectivity index (χ1v) is 10.6. The van der Waals surface area contributed by atoms with Crippen molar-refractivity contribution in [2.75, 3.05) is 33.4 Å². The first-order chi connectivity index (χ1) is 14.6. The van der Waals surface area contributed by atoms with Gasteiger partial charge in [0.1, 0.15) is 17.0 Å². The summed E-state index contributed by atoms with van der Waals surface area (Å²) in [6.07, 6.45) is 3.19. The van der Waals surface area contributed by atoms with Crippen molar-refractivity contribution in [1.29, 1.82) is 0 Å². The first-order valence-electron chi connectivity index (χ1n) is 10.6. The van der Waals surface area contributed by atoms with Crippen molar-refractivity contribution >= 4 is 11.8 Å². The summed E-state index contributed by atoms with van der Waals surface area (Å²) in [4.78, 5) is 30.5. The van der Waals surface area contributed by atoms with E-state index in [0.29, 0.717) is 31.0 Å². The zero-order chi connectivity index (χ0) is 21.0. The molecule has 6 heteroatoms. The lowest BCUT2D eigenvalue weighted by Crippen LogP contribution is -2.61. The molecule has 2 saturated heterocycles. The summed E-state index contributed by atoms with van der Waals surface area (Å²) in [6, 6.07) is 16.7. The minimum atomic E-state index is -0.723. The number of nitrogens with zero attached hydrogens (tertiary/aromatic N) is 2. The smallest absolute Gasteiger partial charge is 0.254 e. The minimum absolute atomic E-state index is 0.0633. The van der Waals surface area contributed by atoms with Gasteiger partial charge in [-0.05, 0) is 56.0 Å². The molecule has 30 heavy (non-hydrogen) atoms. The summed E-state index contributed by atoms with van der Waals surface area (Å²) in [6.45, 7) is 2.41. The lowest BCUT2D eigenvalue weighted by Gasteiger charge is -2.44. The number of carbonyl (C=O) groups is 2. The van der Waals surface area contributed by atoms with Gasteiger partial charge in [-0.25, -0.2) is 0 Å². The second-order valence-corrected chi connectivity index (χ2v) is 7.92. The van der Waals surface area contributed by atoms with Crippen LogP contribution in [0.2, 0.25) is 0 Å². The normalized spacial score (nSPS) is 21.3. The molecule has 1 spiro atoms. The van der Waals surface area contributed by atoms with Gasteiger partial charge in [0.2, 0.25) is 5.91 Å². The molecule has 1 atom stereocenters. The third kappa shape index (κ3) is 3.92. The van der Waals surface area contributed by atoms with Crippen LogP contribution in [0.1, 0.15) is 36.0 Å². The SMILES string of the molecule is COCCN1CCCC2(CCCN2C(=O)c2cccc(Oc3ccccc3)c2)C1=O. The summed E-state index contributed by atoms with van der Waals surface area (Å²) in [5.74, 6) is 1.29. The molecule has 4 rings (SSSR count). The van der Waals surface area contributed by atoms with Gasteiger partial charge in [0.25, 0.3) is 5.91 Å². The van der Waals surface area contributed by atoms with Gasteiger partial charge in [-0.1, -0.05) is 24.3 Å². The molecule has 0 N–H and O–H groups in total. The zero-order valence-corrected chi connectivity index (χ0v) is 17.4. The summed E-state index contributed by atoms with van der Waals surface area (Å²) >= 11 is 0. The van der Waals surface area contributed by atoms with Crippen molar-refractivity contribution in [3.8, 4) is 11.5 Å².